The molecule has 0 radical (unpaired) electrons. The fourth-order valence-electron chi connectivity index (χ4n) is 4.42. The van der Waals surface area contributed by atoms with Crippen molar-refractivity contribution in [1.29, 1.82) is 0 Å². The van der Waals surface area contributed by atoms with E-state index in [0.717, 1.165) is 37.7 Å². The van der Waals surface area contributed by atoms with Gasteiger partial charge in [0.15, 0.2) is 0 Å². The summed E-state index contributed by atoms with van der Waals surface area (Å²) in [6.07, 6.45) is 4.74. The van der Waals surface area contributed by atoms with Gasteiger partial charge >= 0.3 is 5.97 Å². The molecule has 0 amide bonds. The van der Waals surface area contributed by atoms with Crippen molar-refractivity contribution in [2.45, 2.75) is 96.1 Å². The molecule has 31 heavy (non-hydrogen) atoms. The fraction of sp³-hybridized carbons (Fsp3) is 0.654. The van der Waals surface area contributed by atoms with Crippen LogP contribution in [0.2, 0.25) is 0 Å². The third-order valence-corrected chi connectivity index (χ3v) is 5.99. The molecular formula is C26H38O5. The van der Waals surface area contributed by atoms with E-state index in [9.17, 15) is 20.1 Å². The lowest BCUT2D eigenvalue weighted by Crippen LogP contribution is -2.23. The quantitative estimate of drug-likeness (QED) is 0.282. The molecule has 1 aliphatic carbocycles. The van der Waals surface area contributed by atoms with Gasteiger partial charge in [0.25, 0.3) is 0 Å². The van der Waals surface area contributed by atoms with E-state index in [2.05, 4.69) is 11.8 Å². The first-order valence-electron chi connectivity index (χ1n) is 11.7. The molecule has 1 saturated carbocycles. The highest BCUT2D eigenvalue weighted by Crippen LogP contribution is 2.39. The Morgan fingerprint density at radius 3 is 2.35 bits per heavy atom. The van der Waals surface area contributed by atoms with E-state index in [-0.39, 0.29) is 23.9 Å². The number of esters is 1. The number of unbranched alkanes of at least 4 members (excludes halogenated alkanes) is 3. The molecule has 172 valence electrons. The Morgan fingerprint density at radius 1 is 1.03 bits per heavy atom. The molecule has 0 saturated heterocycles. The molecule has 0 spiro atoms. The summed E-state index contributed by atoms with van der Waals surface area (Å²) in [7, 11) is 0. The molecule has 0 heterocycles. The van der Waals surface area contributed by atoms with Gasteiger partial charge in [0.2, 0.25) is 0 Å². The van der Waals surface area contributed by atoms with Crippen molar-refractivity contribution in [1.82, 2.24) is 0 Å². The van der Waals surface area contributed by atoms with Gasteiger partial charge in [-0.1, -0.05) is 49.3 Å². The second kappa shape index (κ2) is 13.5. The average Bonchev–Trinajstić information content (AvgIpc) is 3.00. The number of hydrogen-bond donors (Lipinski definition) is 3. The van der Waals surface area contributed by atoms with Crippen molar-refractivity contribution in [3.05, 3.63) is 35.9 Å². The van der Waals surface area contributed by atoms with E-state index in [4.69, 9.17) is 4.74 Å². The molecule has 2 unspecified atom stereocenters. The summed E-state index contributed by atoms with van der Waals surface area (Å²) >= 11 is 0. The lowest BCUT2D eigenvalue weighted by atomic mass is 9.85. The first-order chi connectivity index (χ1) is 14.9. The summed E-state index contributed by atoms with van der Waals surface area (Å²) in [5, 5.41) is 31.0. The lowest BCUT2D eigenvalue weighted by Gasteiger charge is -2.24. The minimum Gasteiger partial charge on any atom is -0.463 e. The third kappa shape index (κ3) is 9.43. The average molecular weight is 431 g/mol. The first kappa shape index (κ1) is 25.4. The number of benzene rings is 1. The summed E-state index contributed by atoms with van der Waals surface area (Å²) < 4.78 is 5.14. The lowest BCUT2D eigenvalue weighted by molar-refractivity contribution is -0.147. The zero-order valence-corrected chi connectivity index (χ0v) is 18.9. The summed E-state index contributed by atoms with van der Waals surface area (Å²) in [6, 6.07) is 9.55. The van der Waals surface area contributed by atoms with Crippen LogP contribution in [0.5, 0.6) is 0 Å². The Bertz CT molecular complexity index is 706. The van der Waals surface area contributed by atoms with E-state index in [0.29, 0.717) is 25.7 Å². The van der Waals surface area contributed by atoms with Crippen LogP contribution in [-0.4, -0.2) is 45.7 Å². The van der Waals surface area contributed by atoms with Crippen LogP contribution in [0.25, 0.3) is 0 Å². The van der Waals surface area contributed by atoms with Gasteiger partial charge in [0.05, 0.1) is 18.3 Å². The van der Waals surface area contributed by atoms with Crippen molar-refractivity contribution in [2.75, 3.05) is 0 Å². The van der Waals surface area contributed by atoms with E-state index < -0.39 is 18.3 Å². The Balaban J connectivity index is 1.70. The summed E-state index contributed by atoms with van der Waals surface area (Å²) in [5.41, 5.74) is 0.869. The normalized spacial score (nSPS) is 23.9. The highest BCUT2D eigenvalue weighted by atomic mass is 16.5. The zero-order valence-electron chi connectivity index (χ0n) is 18.9. The summed E-state index contributed by atoms with van der Waals surface area (Å²) in [4.78, 5) is 11.6. The van der Waals surface area contributed by atoms with Crippen molar-refractivity contribution in [2.24, 2.45) is 11.8 Å². The SMILES string of the molecule is CC(C)OC(=O)CCCCCCC1[C@@H](CCC(O)C#Cc2ccccc2)[C@H](O)C[C@@H]1O. The number of ether oxygens (including phenoxy) is 1. The molecule has 1 aliphatic rings. The number of aliphatic hydroxyl groups excluding tert-OH is 3. The smallest absolute Gasteiger partial charge is 0.306 e. The Morgan fingerprint density at radius 2 is 1.68 bits per heavy atom. The van der Waals surface area contributed by atoms with E-state index in [1.54, 1.807) is 0 Å². The first-order valence-corrected chi connectivity index (χ1v) is 11.7. The van der Waals surface area contributed by atoms with Gasteiger partial charge in [0, 0.05) is 12.0 Å². The van der Waals surface area contributed by atoms with Crippen LogP contribution in [-0.2, 0) is 9.53 Å². The second-order valence-corrected chi connectivity index (χ2v) is 8.92. The molecule has 1 fully saturated rings. The Hall–Kier alpha value is -1.87. The summed E-state index contributed by atoms with van der Waals surface area (Å²) in [6.45, 7) is 3.70. The van der Waals surface area contributed by atoms with Gasteiger partial charge in [-0.15, -0.1) is 0 Å². The van der Waals surface area contributed by atoms with Crippen LogP contribution < -0.4 is 0 Å². The predicted molar refractivity (Wildman–Crippen MR) is 121 cm³/mol. The molecule has 3 N–H and O–H groups in total. The number of hydrogen-bond acceptors (Lipinski definition) is 5. The van der Waals surface area contributed by atoms with Crippen molar-refractivity contribution in [3.63, 3.8) is 0 Å². The van der Waals surface area contributed by atoms with Crippen LogP contribution >= 0.6 is 0 Å². The topological polar surface area (TPSA) is 87.0 Å². The van der Waals surface area contributed by atoms with Gasteiger partial charge < -0.3 is 20.1 Å². The minimum absolute atomic E-state index is 0.0100. The largest absolute Gasteiger partial charge is 0.463 e. The maximum Gasteiger partial charge on any atom is 0.306 e. The van der Waals surface area contributed by atoms with Crippen LogP contribution in [0.15, 0.2) is 30.3 Å². The maximum atomic E-state index is 11.6. The zero-order chi connectivity index (χ0) is 22.6. The molecule has 0 aromatic heterocycles. The number of aliphatic hydroxyl groups is 3. The maximum absolute atomic E-state index is 11.6. The van der Waals surface area contributed by atoms with Gasteiger partial charge in [-0.2, -0.15) is 0 Å². The second-order valence-electron chi connectivity index (χ2n) is 8.92. The molecule has 1 aromatic rings. The van der Waals surface area contributed by atoms with Gasteiger partial charge in [-0.3, -0.25) is 4.79 Å². The Labute approximate surface area is 186 Å². The van der Waals surface area contributed by atoms with Crippen molar-refractivity contribution < 1.29 is 24.9 Å². The fourth-order valence-corrected chi connectivity index (χ4v) is 4.42. The molecule has 5 heteroatoms. The summed E-state index contributed by atoms with van der Waals surface area (Å²) in [5.74, 6) is 5.75. The van der Waals surface area contributed by atoms with Crippen molar-refractivity contribution >= 4 is 5.97 Å². The van der Waals surface area contributed by atoms with Crippen molar-refractivity contribution in [3.8, 4) is 11.8 Å². The van der Waals surface area contributed by atoms with E-state index >= 15 is 0 Å². The van der Waals surface area contributed by atoms with Crippen LogP contribution in [0, 0.1) is 23.7 Å². The molecule has 5 atom stereocenters. The highest BCUT2D eigenvalue weighted by Gasteiger charge is 2.40. The van der Waals surface area contributed by atoms with Gasteiger partial charge in [-0.05, 0) is 69.9 Å². The molecule has 5 nitrogen and oxygen atoms in total. The van der Waals surface area contributed by atoms with E-state index in [1.807, 2.05) is 44.2 Å². The molecule has 1 aromatic carbocycles. The minimum atomic E-state index is -0.739. The monoisotopic (exact) mass is 430 g/mol. The Kier molecular flexibility index (Phi) is 11.1. The number of carbonyl (C=O) groups is 1. The number of rotatable bonds is 11. The van der Waals surface area contributed by atoms with Crippen LogP contribution in [0.1, 0.15) is 77.2 Å². The number of carbonyl (C=O) groups excluding carboxylic acids is 1. The van der Waals surface area contributed by atoms with Crippen LogP contribution in [0.4, 0.5) is 0 Å². The highest BCUT2D eigenvalue weighted by molar-refractivity contribution is 5.69. The standard InChI is InChI=1S/C26H38O5/c1-19(2)31-26(30)13-9-4-3-8-12-22-23(25(29)18-24(22)28)17-16-21(27)15-14-20-10-6-5-7-11-20/h5-7,10-11,19,21-25,27-29H,3-4,8-9,12-13,16-18H2,1-2H3/t21?,22?,23-,24+,25-/m1/s1. The van der Waals surface area contributed by atoms with E-state index in [1.165, 1.54) is 0 Å². The molecule has 0 aliphatic heterocycles. The third-order valence-electron chi connectivity index (χ3n) is 5.99. The molecule has 2 rings (SSSR count). The van der Waals surface area contributed by atoms with Gasteiger partial charge in [0.1, 0.15) is 6.10 Å². The van der Waals surface area contributed by atoms with Gasteiger partial charge in [-0.25, -0.2) is 0 Å². The molecule has 0 bridgehead atoms. The van der Waals surface area contributed by atoms with Crippen LogP contribution in [0.3, 0.4) is 0 Å². The molecular weight excluding hydrogens is 392 g/mol. The predicted octanol–water partition coefficient (Wildman–Crippen LogP) is 3.83.